The second kappa shape index (κ2) is 6.71. The van der Waals surface area contributed by atoms with Crippen LogP contribution in [0.1, 0.15) is 47.2 Å². The van der Waals surface area contributed by atoms with Gasteiger partial charge in [0, 0.05) is 19.4 Å². The molecule has 2 aromatic rings. The number of aryl methyl sites for hydroxylation is 2. The highest BCUT2D eigenvalue weighted by molar-refractivity contribution is 7.20. The minimum absolute atomic E-state index is 0.146. The van der Waals surface area contributed by atoms with Crippen LogP contribution >= 0.6 is 11.3 Å². The fourth-order valence-electron chi connectivity index (χ4n) is 2.45. The zero-order valence-electron chi connectivity index (χ0n) is 12.7. The predicted octanol–water partition coefficient (Wildman–Crippen LogP) is 2.12. The maximum atomic E-state index is 12.8. The van der Waals surface area contributed by atoms with Crippen molar-refractivity contribution in [2.24, 2.45) is 5.73 Å². The number of carbonyl (C=O) groups excluding carboxylic acids is 1. The van der Waals surface area contributed by atoms with Crippen molar-refractivity contribution in [2.45, 2.75) is 46.1 Å². The third-order valence-electron chi connectivity index (χ3n) is 3.50. The molecule has 0 saturated carbocycles. The van der Waals surface area contributed by atoms with Crippen LogP contribution < -0.4 is 11.3 Å². The molecule has 0 atom stereocenters. The lowest BCUT2D eigenvalue weighted by atomic mass is 10.2. The molecule has 2 aromatic heterocycles. The summed E-state index contributed by atoms with van der Waals surface area (Å²) in [5, 5.41) is 9.13. The lowest BCUT2D eigenvalue weighted by Crippen LogP contribution is -2.25. The van der Waals surface area contributed by atoms with Gasteiger partial charge in [-0.05, 0) is 25.3 Å². The molecule has 116 valence electrons. The van der Waals surface area contributed by atoms with Gasteiger partial charge >= 0.3 is 0 Å². The van der Waals surface area contributed by atoms with Gasteiger partial charge in [-0.3, -0.25) is 14.2 Å². The predicted molar refractivity (Wildman–Crippen MR) is 86.0 cm³/mol. The van der Waals surface area contributed by atoms with E-state index >= 15 is 0 Å². The van der Waals surface area contributed by atoms with Crippen molar-refractivity contribution in [2.75, 3.05) is 0 Å². The first-order chi connectivity index (χ1) is 10.5. The summed E-state index contributed by atoms with van der Waals surface area (Å²) in [5.41, 5.74) is 5.81. The van der Waals surface area contributed by atoms with E-state index in [0.717, 1.165) is 6.42 Å². The second-order valence-corrected chi connectivity index (χ2v) is 6.10. The number of nitrogens with zero attached hydrogens (tertiary/aromatic N) is 3. The quantitative estimate of drug-likeness (QED) is 0.824. The molecule has 0 aliphatic heterocycles. The lowest BCUT2D eigenvalue weighted by Gasteiger charge is -2.11. The van der Waals surface area contributed by atoms with Gasteiger partial charge in [-0.2, -0.15) is 5.26 Å². The molecule has 0 aliphatic carbocycles. The first-order valence-electron chi connectivity index (χ1n) is 7.20. The van der Waals surface area contributed by atoms with Crippen molar-refractivity contribution in [1.82, 2.24) is 9.55 Å². The van der Waals surface area contributed by atoms with Crippen molar-refractivity contribution in [3.05, 3.63) is 26.6 Å². The van der Waals surface area contributed by atoms with Gasteiger partial charge in [0.15, 0.2) is 0 Å². The molecule has 7 heteroatoms. The van der Waals surface area contributed by atoms with Crippen LogP contribution in [0.4, 0.5) is 0 Å². The van der Waals surface area contributed by atoms with E-state index in [4.69, 9.17) is 11.0 Å². The molecule has 0 saturated heterocycles. The maximum Gasteiger partial charge on any atom is 0.262 e. The number of thiophene rings is 1. The van der Waals surface area contributed by atoms with Gasteiger partial charge in [0.1, 0.15) is 10.7 Å². The Bertz CT molecular complexity index is 814. The fourth-order valence-corrected chi connectivity index (χ4v) is 3.50. The van der Waals surface area contributed by atoms with E-state index in [1.165, 1.54) is 11.3 Å². The Morgan fingerprint density at radius 2 is 2.23 bits per heavy atom. The number of amides is 1. The van der Waals surface area contributed by atoms with Crippen molar-refractivity contribution < 1.29 is 4.79 Å². The van der Waals surface area contributed by atoms with Crippen molar-refractivity contribution in [1.29, 1.82) is 5.26 Å². The Morgan fingerprint density at radius 3 is 2.82 bits per heavy atom. The van der Waals surface area contributed by atoms with E-state index in [0.29, 0.717) is 52.3 Å². The number of rotatable bonds is 6. The van der Waals surface area contributed by atoms with Crippen molar-refractivity contribution >= 4 is 27.5 Å². The first kappa shape index (κ1) is 16.2. The number of nitrogens with two attached hydrogens (primary N) is 1. The maximum absolute atomic E-state index is 12.8. The summed E-state index contributed by atoms with van der Waals surface area (Å²) in [6.45, 7) is 4.21. The van der Waals surface area contributed by atoms with E-state index in [1.807, 2.05) is 6.92 Å². The molecule has 0 aromatic carbocycles. The van der Waals surface area contributed by atoms with E-state index < -0.39 is 5.91 Å². The lowest BCUT2D eigenvalue weighted by molar-refractivity contribution is 0.100. The average Bonchev–Trinajstić information content (AvgIpc) is 2.80. The molecule has 0 bridgehead atoms. The Balaban J connectivity index is 2.65. The van der Waals surface area contributed by atoms with Gasteiger partial charge in [-0.1, -0.05) is 6.92 Å². The van der Waals surface area contributed by atoms with E-state index in [2.05, 4.69) is 11.1 Å². The third-order valence-corrected chi connectivity index (χ3v) is 4.70. The standard InChI is InChI=1S/C15H18N4O2S/c1-3-6-10-18-14-11(9(2)12(22-14)13(17)20)15(21)19(10)8-5-4-7-16/h3-6,8H2,1-2H3,(H2,17,20). The number of unbranched alkanes of at least 4 members (excludes halogenated alkanes) is 1. The summed E-state index contributed by atoms with van der Waals surface area (Å²) in [4.78, 5) is 29.7. The van der Waals surface area contributed by atoms with Gasteiger partial charge in [0.25, 0.3) is 11.5 Å². The molecule has 0 unspecified atom stereocenters. The monoisotopic (exact) mass is 318 g/mol. The molecular formula is C15H18N4O2S. The van der Waals surface area contributed by atoms with E-state index in [-0.39, 0.29) is 5.56 Å². The Labute approximate surface area is 132 Å². The van der Waals surface area contributed by atoms with Crippen molar-refractivity contribution in [3.8, 4) is 6.07 Å². The summed E-state index contributed by atoms with van der Waals surface area (Å²) in [6, 6.07) is 2.08. The zero-order valence-corrected chi connectivity index (χ0v) is 13.5. The normalized spacial score (nSPS) is 10.8. The molecule has 22 heavy (non-hydrogen) atoms. The highest BCUT2D eigenvalue weighted by atomic mass is 32.1. The molecule has 0 radical (unpaired) electrons. The van der Waals surface area contributed by atoms with Crippen LogP contribution in [0.25, 0.3) is 10.2 Å². The zero-order chi connectivity index (χ0) is 16.3. The summed E-state index contributed by atoms with van der Waals surface area (Å²) in [7, 11) is 0. The fraction of sp³-hybridized carbons (Fsp3) is 0.467. The molecule has 0 fully saturated rings. The average molecular weight is 318 g/mol. The van der Waals surface area contributed by atoms with Crippen LogP contribution in [-0.4, -0.2) is 15.5 Å². The van der Waals surface area contributed by atoms with Gasteiger partial charge in [-0.25, -0.2) is 4.98 Å². The Morgan fingerprint density at radius 1 is 1.50 bits per heavy atom. The SMILES string of the molecule is CCCc1nc2sc(C(N)=O)c(C)c2c(=O)n1CCCC#N. The number of fused-ring (bicyclic) bond motifs is 1. The molecule has 2 N–H and O–H groups in total. The molecule has 6 nitrogen and oxygen atoms in total. The number of carbonyl (C=O) groups is 1. The third kappa shape index (κ3) is 2.88. The highest BCUT2D eigenvalue weighted by Crippen LogP contribution is 2.27. The summed E-state index contributed by atoms with van der Waals surface area (Å²) in [6.07, 6.45) is 2.54. The number of nitriles is 1. The molecule has 2 rings (SSSR count). The number of primary amides is 1. The van der Waals surface area contributed by atoms with Crippen LogP contribution in [0.15, 0.2) is 4.79 Å². The number of aromatic nitrogens is 2. The minimum atomic E-state index is -0.534. The number of hydrogen-bond acceptors (Lipinski definition) is 5. The summed E-state index contributed by atoms with van der Waals surface area (Å²) >= 11 is 1.17. The molecule has 2 heterocycles. The van der Waals surface area contributed by atoms with Gasteiger partial charge in [-0.15, -0.1) is 11.3 Å². The van der Waals surface area contributed by atoms with Crippen LogP contribution in [0.5, 0.6) is 0 Å². The van der Waals surface area contributed by atoms with Crippen LogP contribution in [-0.2, 0) is 13.0 Å². The first-order valence-corrected chi connectivity index (χ1v) is 8.02. The molecule has 1 amide bonds. The topological polar surface area (TPSA) is 102 Å². The molecular weight excluding hydrogens is 300 g/mol. The Hall–Kier alpha value is -2.20. The van der Waals surface area contributed by atoms with E-state index in [9.17, 15) is 9.59 Å². The van der Waals surface area contributed by atoms with Gasteiger partial charge in [0.05, 0.1) is 16.3 Å². The summed E-state index contributed by atoms with van der Waals surface area (Å²) < 4.78 is 1.63. The van der Waals surface area contributed by atoms with Gasteiger partial charge < -0.3 is 5.73 Å². The molecule has 0 aliphatic rings. The second-order valence-electron chi connectivity index (χ2n) is 5.10. The smallest absolute Gasteiger partial charge is 0.262 e. The highest BCUT2D eigenvalue weighted by Gasteiger charge is 2.19. The van der Waals surface area contributed by atoms with Crippen molar-refractivity contribution in [3.63, 3.8) is 0 Å². The van der Waals surface area contributed by atoms with Crippen LogP contribution in [0, 0.1) is 18.3 Å². The largest absolute Gasteiger partial charge is 0.365 e. The van der Waals surface area contributed by atoms with Crippen LogP contribution in [0.3, 0.4) is 0 Å². The number of hydrogen-bond donors (Lipinski definition) is 1. The van der Waals surface area contributed by atoms with Crippen LogP contribution in [0.2, 0.25) is 0 Å². The minimum Gasteiger partial charge on any atom is -0.365 e. The molecule has 0 spiro atoms. The summed E-state index contributed by atoms with van der Waals surface area (Å²) in [5.74, 6) is 0.170. The van der Waals surface area contributed by atoms with E-state index in [1.54, 1.807) is 11.5 Å². The Kier molecular flexibility index (Phi) is 4.93. The van der Waals surface area contributed by atoms with Gasteiger partial charge in [0.2, 0.25) is 0 Å².